The molecule has 0 aliphatic heterocycles. The molecule has 94 valence electrons. The van der Waals surface area contributed by atoms with Gasteiger partial charge in [0.1, 0.15) is 0 Å². The van der Waals surface area contributed by atoms with E-state index in [9.17, 15) is 9.90 Å². The number of aryl methyl sites for hydroxylation is 1. The highest BCUT2D eigenvalue weighted by molar-refractivity contribution is 7.99. The number of hydrogen-bond donors (Lipinski definition) is 3. The molecule has 0 aromatic carbocycles. The number of thioether (sulfide) groups is 1. The fraction of sp³-hybridized carbons (Fsp3) is 0.636. The van der Waals surface area contributed by atoms with E-state index < -0.39 is 6.10 Å². The summed E-state index contributed by atoms with van der Waals surface area (Å²) in [6.45, 7) is 2.39. The van der Waals surface area contributed by atoms with E-state index >= 15 is 0 Å². The molecule has 0 spiro atoms. The summed E-state index contributed by atoms with van der Waals surface area (Å²) in [5.41, 5.74) is 0.549. The van der Waals surface area contributed by atoms with E-state index in [1.807, 2.05) is 0 Å². The van der Waals surface area contributed by atoms with Crippen LogP contribution in [0.2, 0.25) is 0 Å². The van der Waals surface area contributed by atoms with Gasteiger partial charge in [0, 0.05) is 30.1 Å². The van der Waals surface area contributed by atoms with Gasteiger partial charge < -0.3 is 15.4 Å². The monoisotopic (exact) mass is 255 g/mol. The first-order chi connectivity index (χ1) is 8.13. The lowest BCUT2D eigenvalue weighted by atomic mass is 10.4. The van der Waals surface area contributed by atoms with Crippen LogP contribution in [0, 0.1) is 6.92 Å². The molecule has 0 radical (unpaired) electrons. The maximum atomic E-state index is 11.2. The highest BCUT2D eigenvalue weighted by atomic mass is 32.2. The average Bonchev–Trinajstić information content (AvgIpc) is 3.06. The van der Waals surface area contributed by atoms with Crippen LogP contribution in [-0.2, 0) is 0 Å². The minimum atomic E-state index is -0.411. The summed E-state index contributed by atoms with van der Waals surface area (Å²) in [6.07, 6.45) is 2.02. The molecular formula is C11H17N3O2S. The molecule has 3 N–H and O–H groups in total. The summed E-state index contributed by atoms with van der Waals surface area (Å²) in [5.74, 6) is 0.534. The zero-order chi connectivity index (χ0) is 12.3. The van der Waals surface area contributed by atoms with Crippen LogP contribution in [0.3, 0.4) is 0 Å². The topological polar surface area (TPSA) is 78.0 Å². The molecule has 17 heavy (non-hydrogen) atoms. The maximum Gasteiger partial charge on any atom is 0.251 e. The summed E-state index contributed by atoms with van der Waals surface area (Å²) >= 11 is 1.37. The summed E-state index contributed by atoms with van der Waals surface area (Å²) in [6, 6.07) is 2.06. The molecule has 1 saturated carbocycles. The van der Waals surface area contributed by atoms with Gasteiger partial charge >= 0.3 is 0 Å². The molecule has 5 nitrogen and oxygen atoms in total. The third-order valence-corrected chi connectivity index (χ3v) is 3.50. The van der Waals surface area contributed by atoms with Gasteiger partial charge in [-0.1, -0.05) is 11.8 Å². The lowest BCUT2D eigenvalue weighted by Gasteiger charge is -2.10. The van der Waals surface area contributed by atoms with Crippen LogP contribution in [0.5, 0.6) is 0 Å². The Morgan fingerprint density at radius 1 is 1.71 bits per heavy atom. The molecule has 0 amide bonds. The molecule has 2 rings (SSSR count). The van der Waals surface area contributed by atoms with Crippen LogP contribution >= 0.6 is 11.8 Å². The number of hydrogen-bond acceptors (Lipinski definition) is 5. The number of aromatic amines is 1. The lowest BCUT2D eigenvalue weighted by Crippen LogP contribution is -2.30. The van der Waals surface area contributed by atoms with Crippen LogP contribution < -0.4 is 10.9 Å². The number of aliphatic hydroxyl groups is 1. The molecule has 1 unspecified atom stereocenters. The molecule has 0 bridgehead atoms. The zero-order valence-corrected chi connectivity index (χ0v) is 10.6. The van der Waals surface area contributed by atoms with Crippen LogP contribution in [0.1, 0.15) is 18.5 Å². The Balaban J connectivity index is 1.77. The fourth-order valence-electron chi connectivity index (χ4n) is 1.44. The third-order valence-electron chi connectivity index (χ3n) is 2.48. The Labute approximate surface area is 104 Å². The minimum Gasteiger partial charge on any atom is -0.391 e. The summed E-state index contributed by atoms with van der Waals surface area (Å²) in [4.78, 5) is 18.0. The largest absolute Gasteiger partial charge is 0.391 e. The van der Waals surface area contributed by atoms with Crippen molar-refractivity contribution < 1.29 is 5.11 Å². The van der Waals surface area contributed by atoms with Gasteiger partial charge in [-0.05, 0) is 19.8 Å². The Kier molecular flexibility index (Phi) is 4.20. The van der Waals surface area contributed by atoms with E-state index in [2.05, 4.69) is 15.3 Å². The second-order valence-electron chi connectivity index (χ2n) is 4.34. The first-order valence-corrected chi connectivity index (χ1v) is 6.74. The van der Waals surface area contributed by atoms with Crippen LogP contribution in [0.4, 0.5) is 0 Å². The van der Waals surface area contributed by atoms with E-state index in [0.29, 0.717) is 29.2 Å². The fourth-order valence-corrected chi connectivity index (χ4v) is 2.29. The van der Waals surface area contributed by atoms with Crippen LogP contribution in [0.15, 0.2) is 16.0 Å². The third kappa shape index (κ3) is 4.49. The lowest BCUT2D eigenvalue weighted by molar-refractivity contribution is 0.195. The van der Waals surface area contributed by atoms with Crippen molar-refractivity contribution in [1.29, 1.82) is 0 Å². The Morgan fingerprint density at radius 3 is 3.12 bits per heavy atom. The van der Waals surface area contributed by atoms with Crippen molar-refractivity contribution in [3.63, 3.8) is 0 Å². The minimum absolute atomic E-state index is 0.148. The van der Waals surface area contributed by atoms with Gasteiger partial charge in [0.15, 0.2) is 5.16 Å². The van der Waals surface area contributed by atoms with E-state index in [-0.39, 0.29) is 5.56 Å². The standard InChI is InChI=1S/C11H17N3O2S/c1-7-4-10(16)14-11(13-7)17-6-9(15)5-12-8-2-3-8/h4,8-9,12,15H,2-3,5-6H2,1H3,(H,13,14,16). The van der Waals surface area contributed by atoms with Crippen molar-refractivity contribution in [3.05, 3.63) is 22.1 Å². The second kappa shape index (κ2) is 5.66. The number of rotatable bonds is 6. The van der Waals surface area contributed by atoms with Gasteiger partial charge in [-0.3, -0.25) is 4.79 Å². The smallest absolute Gasteiger partial charge is 0.251 e. The molecule has 0 saturated heterocycles. The van der Waals surface area contributed by atoms with Crippen LogP contribution in [0.25, 0.3) is 0 Å². The molecule has 1 aliphatic carbocycles. The molecule has 1 aromatic heterocycles. The summed E-state index contributed by atoms with van der Waals surface area (Å²) in [5, 5.41) is 13.6. The normalized spacial score (nSPS) is 17.1. The predicted molar refractivity (Wildman–Crippen MR) is 67.4 cm³/mol. The molecule has 1 aromatic rings. The van der Waals surface area contributed by atoms with Crippen molar-refractivity contribution in [2.75, 3.05) is 12.3 Å². The number of aliphatic hydroxyl groups excluding tert-OH is 1. The van der Waals surface area contributed by atoms with Gasteiger partial charge in [0.25, 0.3) is 5.56 Å². The molecule has 1 aliphatic rings. The highest BCUT2D eigenvalue weighted by Gasteiger charge is 2.21. The number of aromatic nitrogens is 2. The first-order valence-electron chi connectivity index (χ1n) is 5.75. The highest BCUT2D eigenvalue weighted by Crippen LogP contribution is 2.19. The van der Waals surface area contributed by atoms with E-state index in [4.69, 9.17) is 0 Å². The average molecular weight is 255 g/mol. The zero-order valence-electron chi connectivity index (χ0n) is 9.77. The number of nitrogens with one attached hydrogen (secondary N) is 2. The van der Waals surface area contributed by atoms with Gasteiger partial charge in [-0.15, -0.1) is 0 Å². The van der Waals surface area contributed by atoms with Crippen molar-refractivity contribution in [2.24, 2.45) is 0 Å². The van der Waals surface area contributed by atoms with Crippen LogP contribution in [-0.4, -0.2) is 39.5 Å². The van der Waals surface area contributed by atoms with Crippen molar-refractivity contribution in [2.45, 2.75) is 37.1 Å². The predicted octanol–water partition coefficient (Wildman–Crippen LogP) is 0.283. The molecule has 6 heteroatoms. The van der Waals surface area contributed by atoms with Gasteiger partial charge in [-0.25, -0.2) is 4.98 Å². The molecule has 1 atom stereocenters. The summed E-state index contributed by atoms with van der Waals surface area (Å²) < 4.78 is 0. The van der Waals surface area contributed by atoms with Crippen molar-refractivity contribution >= 4 is 11.8 Å². The van der Waals surface area contributed by atoms with Gasteiger partial charge in [-0.2, -0.15) is 0 Å². The second-order valence-corrected chi connectivity index (χ2v) is 5.35. The van der Waals surface area contributed by atoms with E-state index in [1.54, 1.807) is 6.92 Å². The van der Waals surface area contributed by atoms with Gasteiger partial charge in [0.2, 0.25) is 0 Å². The number of H-pyrrole nitrogens is 1. The Morgan fingerprint density at radius 2 is 2.47 bits per heavy atom. The van der Waals surface area contributed by atoms with E-state index in [0.717, 1.165) is 0 Å². The summed E-state index contributed by atoms with van der Waals surface area (Å²) in [7, 11) is 0. The molecular weight excluding hydrogens is 238 g/mol. The number of nitrogens with zero attached hydrogens (tertiary/aromatic N) is 1. The first kappa shape index (κ1) is 12.6. The Bertz CT molecular complexity index is 431. The Hall–Kier alpha value is -0.850. The quantitative estimate of drug-likeness (QED) is 0.503. The molecule has 1 heterocycles. The van der Waals surface area contributed by atoms with Crippen molar-refractivity contribution in [3.8, 4) is 0 Å². The molecule has 1 fully saturated rings. The van der Waals surface area contributed by atoms with E-state index in [1.165, 1.54) is 30.7 Å². The SMILES string of the molecule is Cc1cc(=O)[nH]c(SCC(O)CNC2CC2)n1. The van der Waals surface area contributed by atoms with Crippen molar-refractivity contribution in [1.82, 2.24) is 15.3 Å². The van der Waals surface area contributed by atoms with Gasteiger partial charge in [0.05, 0.1) is 6.10 Å². The maximum absolute atomic E-state index is 11.2.